The summed E-state index contributed by atoms with van der Waals surface area (Å²) in [4.78, 5) is 87.2. The Morgan fingerprint density at radius 1 is 0.817 bits per heavy atom. The molecule has 3 atom stereocenters. The molecule has 0 radical (unpaired) electrons. The molecule has 4 saturated heterocycles. The van der Waals surface area contributed by atoms with E-state index in [-0.39, 0.29) is 30.7 Å². The van der Waals surface area contributed by atoms with Gasteiger partial charge in [0.05, 0.1) is 35.0 Å². The van der Waals surface area contributed by atoms with E-state index in [0.29, 0.717) is 46.8 Å². The summed E-state index contributed by atoms with van der Waals surface area (Å²) in [5, 5.41) is 17.5. The van der Waals surface area contributed by atoms with Crippen LogP contribution in [0.15, 0.2) is 71.0 Å². The van der Waals surface area contributed by atoms with Crippen LogP contribution in [0.25, 0.3) is 0 Å². The lowest BCUT2D eigenvalue weighted by atomic mass is 9.82. The number of anilines is 4. The first-order chi connectivity index (χ1) is 34.4. The molecule has 370 valence electrons. The van der Waals surface area contributed by atoms with Crippen molar-refractivity contribution in [1.29, 1.82) is 0 Å². The van der Waals surface area contributed by atoms with Crippen LogP contribution in [0.1, 0.15) is 109 Å². The van der Waals surface area contributed by atoms with Gasteiger partial charge in [0, 0.05) is 99.7 Å². The highest BCUT2D eigenvalue weighted by Crippen LogP contribution is 2.36. The number of hydrogen-bond acceptors (Lipinski definition) is 15. The van der Waals surface area contributed by atoms with Crippen molar-refractivity contribution >= 4 is 58.4 Å². The van der Waals surface area contributed by atoms with Gasteiger partial charge in [0.15, 0.2) is 0 Å². The van der Waals surface area contributed by atoms with Crippen LogP contribution in [0.5, 0.6) is 0 Å². The van der Waals surface area contributed by atoms with Gasteiger partial charge in [-0.1, -0.05) is 11.2 Å². The lowest BCUT2D eigenvalue weighted by Crippen LogP contribution is -2.54. The van der Waals surface area contributed by atoms with Crippen LogP contribution in [0.4, 0.5) is 23.1 Å². The van der Waals surface area contributed by atoms with Crippen molar-refractivity contribution in [3.8, 4) is 0 Å². The second-order valence-electron chi connectivity index (χ2n) is 20.5. The maximum atomic E-state index is 13.7. The zero-order valence-corrected chi connectivity index (χ0v) is 41.0. The van der Waals surface area contributed by atoms with Crippen molar-refractivity contribution in [3.05, 3.63) is 93.8 Å². The number of fused-ring (bicyclic) bond motifs is 3. The normalized spacial score (nSPS) is 23.5. The third-order valence-electron chi connectivity index (χ3n) is 16.3. The fourth-order valence-corrected chi connectivity index (χ4v) is 12.0. The zero-order chi connectivity index (χ0) is 49.1. The van der Waals surface area contributed by atoms with Gasteiger partial charge in [0.2, 0.25) is 17.8 Å². The molecule has 19 heteroatoms. The standard InChI is InChI=1S/C52H62N14O5/c1-31-30-64(44-26-36(11-16-53-44)47-41-27-38(6-5-37(41)29-54-47)55-49(69)46-32(2)60(4)52-57-58-59-66(52)33(46)3)24-23-62(31)22-21-61-17-12-34(13-18-61)25-35-14-19-63(20-15-35)39-7-8-40-42(28-39)51(71)65(50(40)70)43-9-10-45(67)56-48(43)68/h5-8,11,16,26-28,31,33-35,43H,9-10,12-15,17-25,29-30H2,1-4H3,(H,55,69)(H,56,67,68)/t31-,33-,43?/m0/s1. The van der Waals surface area contributed by atoms with Crippen molar-refractivity contribution in [1.82, 2.24) is 45.2 Å². The molecule has 0 aliphatic carbocycles. The number of nitrogens with one attached hydrogen (secondary N) is 2. The Labute approximate surface area is 413 Å². The molecule has 7 aliphatic rings. The summed E-state index contributed by atoms with van der Waals surface area (Å²) in [6.07, 6.45) is 8.07. The van der Waals surface area contributed by atoms with Crippen LogP contribution in [0.3, 0.4) is 0 Å². The minimum atomic E-state index is -0.958. The molecular weight excluding hydrogens is 901 g/mol. The van der Waals surface area contributed by atoms with E-state index >= 15 is 0 Å². The molecule has 5 amide bonds. The van der Waals surface area contributed by atoms with E-state index in [1.165, 1.54) is 19.3 Å². The van der Waals surface area contributed by atoms with E-state index < -0.39 is 23.8 Å². The smallest absolute Gasteiger partial charge is 0.262 e. The van der Waals surface area contributed by atoms with E-state index in [4.69, 9.17) is 9.98 Å². The number of rotatable bonds is 11. The van der Waals surface area contributed by atoms with Crippen LogP contribution in [-0.2, 0) is 20.9 Å². The SMILES string of the molecule is CC1=C(C(=O)Nc2ccc3c(c2)C(c2ccnc(N4CCN(CCN5CCC(CC6CCN(c7ccc8c(c7)C(=O)N(C7CCC(=O)NC7=O)C8=O)CC6)CC5)[C@@H](C)C4)c2)=NC3)[C@H](C)n2nnnc2N1C. The number of aromatic nitrogens is 5. The van der Waals surface area contributed by atoms with E-state index in [2.05, 4.69) is 64.8 Å². The predicted molar refractivity (Wildman–Crippen MR) is 267 cm³/mol. The molecular formula is C52H62N14O5. The molecule has 19 nitrogen and oxygen atoms in total. The minimum absolute atomic E-state index is 0.104. The number of imide groups is 2. The van der Waals surface area contributed by atoms with E-state index in [0.717, 1.165) is 122 Å². The quantitative estimate of drug-likeness (QED) is 0.202. The maximum Gasteiger partial charge on any atom is 0.262 e. The van der Waals surface area contributed by atoms with E-state index in [9.17, 15) is 24.0 Å². The summed E-state index contributed by atoms with van der Waals surface area (Å²) in [6, 6.07) is 14.8. The summed E-state index contributed by atoms with van der Waals surface area (Å²) < 4.78 is 1.66. The molecule has 0 spiro atoms. The second-order valence-corrected chi connectivity index (χ2v) is 20.5. The minimum Gasteiger partial charge on any atom is -0.371 e. The highest BCUT2D eigenvalue weighted by atomic mass is 16.2. The topological polar surface area (TPSA) is 198 Å². The van der Waals surface area contributed by atoms with Gasteiger partial charge in [-0.05, 0) is 143 Å². The van der Waals surface area contributed by atoms with Gasteiger partial charge in [-0.2, -0.15) is 0 Å². The summed E-state index contributed by atoms with van der Waals surface area (Å²) in [5.74, 6) is 0.892. The van der Waals surface area contributed by atoms with Crippen LogP contribution in [0, 0.1) is 11.8 Å². The predicted octanol–water partition coefficient (Wildman–Crippen LogP) is 4.27. The number of nitrogens with zero attached hydrogens (tertiary/aromatic N) is 12. The Kier molecular flexibility index (Phi) is 12.5. The van der Waals surface area contributed by atoms with Gasteiger partial charge in [-0.25, -0.2) is 9.67 Å². The molecule has 2 N–H and O–H groups in total. The van der Waals surface area contributed by atoms with Crippen LogP contribution in [0.2, 0.25) is 0 Å². The average molecular weight is 963 g/mol. The number of likely N-dealkylation sites (tertiary alicyclic amines) is 1. The van der Waals surface area contributed by atoms with Gasteiger partial charge in [0.1, 0.15) is 11.9 Å². The van der Waals surface area contributed by atoms with Crippen molar-refractivity contribution < 1.29 is 24.0 Å². The van der Waals surface area contributed by atoms with E-state index in [1.807, 2.05) is 62.3 Å². The monoisotopic (exact) mass is 963 g/mol. The number of aliphatic imine (C=N–C) groups is 1. The molecule has 9 heterocycles. The van der Waals surface area contributed by atoms with Gasteiger partial charge in [-0.3, -0.25) is 44.1 Å². The number of piperidine rings is 3. The summed E-state index contributed by atoms with van der Waals surface area (Å²) >= 11 is 0. The first-order valence-corrected chi connectivity index (χ1v) is 25.4. The third kappa shape index (κ3) is 8.87. The van der Waals surface area contributed by atoms with Gasteiger partial charge in [0.25, 0.3) is 17.7 Å². The first-order valence-electron chi connectivity index (χ1n) is 25.4. The van der Waals surface area contributed by atoms with Crippen LogP contribution >= 0.6 is 0 Å². The van der Waals surface area contributed by atoms with Gasteiger partial charge < -0.3 is 24.9 Å². The Morgan fingerprint density at radius 2 is 1.59 bits per heavy atom. The molecule has 11 rings (SSSR count). The first kappa shape index (κ1) is 46.5. The Hall–Kier alpha value is -6.86. The number of carbonyl (C=O) groups is 5. The van der Waals surface area contributed by atoms with E-state index in [1.54, 1.807) is 10.7 Å². The molecule has 0 saturated carbocycles. The molecule has 1 unspecified atom stereocenters. The molecule has 2 aromatic heterocycles. The number of tetrazole rings is 1. The number of piperazine rings is 1. The number of hydrogen-bond donors (Lipinski definition) is 2. The zero-order valence-electron chi connectivity index (χ0n) is 41.0. The van der Waals surface area contributed by atoms with Crippen LogP contribution < -0.4 is 25.3 Å². The molecule has 7 aliphatic heterocycles. The molecule has 71 heavy (non-hydrogen) atoms. The molecule has 4 aromatic rings. The maximum absolute atomic E-state index is 13.7. The Balaban J connectivity index is 0.622. The fourth-order valence-electron chi connectivity index (χ4n) is 12.0. The molecule has 4 fully saturated rings. The fraction of sp³-hybridized carbons (Fsp3) is 0.500. The Morgan fingerprint density at radius 3 is 2.37 bits per heavy atom. The summed E-state index contributed by atoms with van der Waals surface area (Å²) in [7, 11) is 1.86. The number of carbonyl (C=O) groups excluding carboxylic acids is 5. The highest BCUT2D eigenvalue weighted by Gasteiger charge is 2.45. The van der Waals surface area contributed by atoms with Crippen molar-refractivity contribution in [2.75, 3.05) is 86.0 Å². The Bertz CT molecular complexity index is 2860. The molecule has 2 aromatic carbocycles. The van der Waals surface area contributed by atoms with Crippen molar-refractivity contribution in [2.45, 2.75) is 90.4 Å². The number of pyridine rings is 1. The number of amides is 5. The largest absolute Gasteiger partial charge is 0.371 e. The van der Waals surface area contributed by atoms with Gasteiger partial charge in [-0.15, -0.1) is 0 Å². The summed E-state index contributed by atoms with van der Waals surface area (Å²) in [6.45, 7) is 15.8. The van der Waals surface area contributed by atoms with Gasteiger partial charge >= 0.3 is 0 Å². The van der Waals surface area contributed by atoms with Crippen molar-refractivity contribution in [3.63, 3.8) is 0 Å². The highest BCUT2D eigenvalue weighted by molar-refractivity contribution is 6.24. The lowest BCUT2D eigenvalue weighted by Gasteiger charge is -2.42. The number of benzene rings is 2. The third-order valence-corrected chi connectivity index (χ3v) is 16.3. The van der Waals surface area contributed by atoms with Crippen molar-refractivity contribution in [2.24, 2.45) is 16.8 Å². The van der Waals surface area contributed by atoms with Crippen LogP contribution in [-0.4, -0.2) is 153 Å². The molecule has 0 bridgehead atoms. The summed E-state index contributed by atoms with van der Waals surface area (Å²) in [5.41, 5.74) is 7.79. The second kappa shape index (κ2) is 19.0. The average Bonchev–Trinajstić information content (AvgIpc) is 4.10. The number of allylic oxidation sites excluding steroid dienone is 1. The lowest BCUT2D eigenvalue weighted by molar-refractivity contribution is -0.136.